The second kappa shape index (κ2) is 6.95. The Hall–Kier alpha value is -2.50. The molecule has 1 aromatic carbocycles. The fourth-order valence-electron chi connectivity index (χ4n) is 3.26. The summed E-state index contributed by atoms with van der Waals surface area (Å²) in [6.07, 6.45) is 9.40. The molecule has 24 heavy (non-hydrogen) atoms. The molecule has 1 fully saturated rings. The quantitative estimate of drug-likeness (QED) is 0.802. The number of nitrogens with one attached hydrogen (secondary N) is 1. The zero-order chi connectivity index (χ0) is 16.2. The Kier molecular flexibility index (Phi) is 4.36. The summed E-state index contributed by atoms with van der Waals surface area (Å²) in [6.45, 7) is 4.00. The molecule has 5 heteroatoms. The lowest BCUT2D eigenvalue weighted by Crippen LogP contribution is -2.45. The smallest absolute Gasteiger partial charge is 0.0991 e. The summed E-state index contributed by atoms with van der Waals surface area (Å²) >= 11 is 0. The van der Waals surface area contributed by atoms with Crippen molar-refractivity contribution in [3.05, 3.63) is 78.6 Å². The van der Waals surface area contributed by atoms with Gasteiger partial charge in [-0.15, -0.1) is 0 Å². The fraction of sp³-hybridized carbons (Fsp3) is 0.263. The first-order valence-electron chi connectivity index (χ1n) is 8.32. The normalized spacial score (nSPS) is 18.6. The number of hydrogen-bond donors (Lipinski definition) is 1. The molecule has 1 atom stereocenters. The second-order valence-corrected chi connectivity index (χ2v) is 6.11. The van der Waals surface area contributed by atoms with Crippen LogP contribution in [0.3, 0.4) is 0 Å². The van der Waals surface area contributed by atoms with E-state index in [9.17, 15) is 0 Å². The van der Waals surface area contributed by atoms with Crippen molar-refractivity contribution in [2.75, 3.05) is 19.6 Å². The predicted octanol–water partition coefficient (Wildman–Crippen LogP) is 2.41. The predicted molar refractivity (Wildman–Crippen MR) is 93.8 cm³/mol. The Bertz CT molecular complexity index is 752. The van der Waals surface area contributed by atoms with Gasteiger partial charge in [-0.25, -0.2) is 4.98 Å². The number of imidazole rings is 1. The van der Waals surface area contributed by atoms with Crippen molar-refractivity contribution < 1.29 is 0 Å². The average molecular weight is 319 g/mol. The summed E-state index contributed by atoms with van der Waals surface area (Å²) in [5, 5.41) is 3.50. The highest BCUT2D eigenvalue weighted by Crippen LogP contribution is 2.23. The van der Waals surface area contributed by atoms with Crippen LogP contribution in [0.25, 0.3) is 5.69 Å². The third-order valence-corrected chi connectivity index (χ3v) is 4.55. The van der Waals surface area contributed by atoms with Crippen molar-refractivity contribution in [3.63, 3.8) is 0 Å². The molecule has 0 amide bonds. The van der Waals surface area contributed by atoms with Gasteiger partial charge in [-0.3, -0.25) is 9.88 Å². The molecule has 1 aliphatic rings. The number of benzene rings is 1. The van der Waals surface area contributed by atoms with Gasteiger partial charge in [0.15, 0.2) is 0 Å². The Labute approximate surface area is 142 Å². The molecule has 1 unspecified atom stereocenters. The summed E-state index contributed by atoms with van der Waals surface area (Å²) in [4.78, 5) is 10.9. The van der Waals surface area contributed by atoms with Crippen molar-refractivity contribution in [3.8, 4) is 5.69 Å². The lowest BCUT2D eigenvalue weighted by Gasteiger charge is -2.36. The van der Waals surface area contributed by atoms with E-state index >= 15 is 0 Å². The maximum atomic E-state index is 4.28. The number of piperazine rings is 1. The van der Waals surface area contributed by atoms with Crippen LogP contribution >= 0.6 is 0 Å². The van der Waals surface area contributed by atoms with Gasteiger partial charge in [-0.1, -0.05) is 18.2 Å². The molecule has 0 aliphatic carbocycles. The van der Waals surface area contributed by atoms with Crippen LogP contribution in [0, 0.1) is 0 Å². The highest BCUT2D eigenvalue weighted by molar-refractivity contribution is 5.34. The molecule has 3 aromatic rings. The van der Waals surface area contributed by atoms with E-state index in [1.165, 1.54) is 11.1 Å². The number of nitrogens with zero attached hydrogens (tertiary/aromatic N) is 4. The van der Waals surface area contributed by atoms with Crippen LogP contribution in [0.5, 0.6) is 0 Å². The second-order valence-electron chi connectivity index (χ2n) is 6.11. The van der Waals surface area contributed by atoms with Crippen molar-refractivity contribution in [1.82, 2.24) is 24.8 Å². The third-order valence-electron chi connectivity index (χ3n) is 4.55. The third kappa shape index (κ3) is 3.22. The average Bonchev–Trinajstić information content (AvgIpc) is 3.18. The van der Waals surface area contributed by atoms with Gasteiger partial charge < -0.3 is 9.88 Å². The molecule has 4 rings (SSSR count). The van der Waals surface area contributed by atoms with Gasteiger partial charge in [0.2, 0.25) is 0 Å². The first kappa shape index (κ1) is 15.1. The van der Waals surface area contributed by atoms with E-state index in [1.54, 1.807) is 6.20 Å². The zero-order valence-corrected chi connectivity index (χ0v) is 13.5. The van der Waals surface area contributed by atoms with Crippen LogP contribution < -0.4 is 5.32 Å². The monoisotopic (exact) mass is 319 g/mol. The molecule has 0 saturated carbocycles. The molecule has 2 aromatic heterocycles. The minimum atomic E-state index is 0.376. The van der Waals surface area contributed by atoms with Crippen molar-refractivity contribution in [2.24, 2.45) is 0 Å². The van der Waals surface area contributed by atoms with Crippen LogP contribution in [0.15, 0.2) is 67.5 Å². The van der Waals surface area contributed by atoms with E-state index in [1.807, 2.05) is 35.6 Å². The number of aromatic nitrogens is 3. The minimum Gasteiger partial charge on any atom is -0.314 e. The van der Waals surface area contributed by atoms with E-state index in [2.05, 4.69) is 50.5 Å². The largest absolute Gasteiger partial charge is 0.314 e. The molecule has 1 N–H and O–H groups in total. The Balaban J connectivity index is 1.50. The maximum absolute atomic E-state index is 4.28. The van der Waals surface area contributed by atoms with Crippen LogP contribution in [-0.2, 0) is 6.54 Å². The molecule has 1 aliphatic heterocycles. The van der Waals surface area contributed by atoms with Gasteiger partial charge in [0, 0.05) is 62.7 Å². The zero-order valence-electron chi connectivity index (χ0n) is 13.5. The Morgan fingerprint density at radius 1 is 1.08 bits per heavy atom. The van der Waals surface area contributed by atoms with Gasteiger partial charge in [-0.2, -0.15) is 0 Å². The van der Waals surface area contributed by atoms with E-state index in [0.717, 1.165) is 31.9 Å². The van der Waals surface area contributed by atoms with Crippen molar-refractivity contribution >= 4 is 0 Å². The van der Waals surface area contributed by atoms with Gasteiger partial charge in [0.25, 0.3) is 0 Å². The highest BCUT2D eigenvalue weighted by Gasteiger charge is 2.23. The fourth-order valence-corrected chi connectivity index (χ4v) is 3.26. The van der Waals surface area contributed by atoms with Crippen molar-refractivity contribution in [2.45, 2.75) is 12.6 Å². The van der Waals surface area contributed by atoms with E-state index < -0.39 is 0 Å². The minimum absolute atomic E-state index is 0.376. The van der Waals surface area contributed by atoms with Crippen molar-refractivity contribution in [1.29, 1.82) is 0 Å². The summed E-state index contributed by atoms with van der Waals surface area (Å²) in [5.41, 5.74) is 3.75. The Morgan fingerprint density at radius 2 is 2.00 bits per heavy atom. The molecule has 3 heterocycles. The topological polar surface area (TPSA) is 46.0 Å². The summed E-state index contributed by atoms with van der Waals surface area (Å²) in [5.74, 6) is 0. The standard InChI is InChI=1S/C19H21N5/c1-2-17(12-20-7-1)19-13-21-8-10-23(19)14-16-3-5-18(6-4-16)24-11-9-22-15-24/h1-7,9,11-12,15,19,21H,8,10,13-14H2. The molecule has 5 nitrogen and oxygen atoms in total. The summed E-state index contributed by atoms with van der Waals surface area (Å²) in [6, 6.07) is 13.3. The van der Waals surface area contributed by atoms with Gasteiger partial charge in [0.05, 0.1) is 6.33 Å². The van der Waals surface area contributed by atoms with Gasteiger partial charge >= 0.3 is 0 Å². The summed E-state index contributed by atoms with van der Waals surface area (Å²) < 4.78 is 2.02. The summed E-state index contributed by atoms with van der Waals surface area (Å²) in [7, 11) is 0. The van der Waals surface area contributed by atoms with Gasteiger partial charge in [-0.05, 0) is 29.3 Å². The van der Waals surface area contributed by atoms with Crippen LogP contribution in [-0.4, -0.2) is 39.1 Å². The molecule has 0 radical (unpaired) electrons. The molecule has 1 saturated heterocycles. The van der Waals surface area contributed by atoms with Crippen LogP contribution in [0.1, 0.15) is 17.2 Å². The lowest BCUT2D eigenvalue weighted by molar-refractivity contribution is 0.153. The number of hydrogen-bond acceptors (Lipinski definition) is 4. The number of pyridine rings is 1. The Morgan fingerprint density at radius 3 is 2.75 bits per heavy atom. The number of rotatable bonds is 4. The van der Waals surface area contributed by atoms with E-state index in [-0.39, 0.29) is 0 Å². The molecular weight excluding hydrogens is 298 g/mol. The SMILES string of the molecule is c1cncc(C2CNCCN2Cc2ccc(-n3ccnc3)cc2)c1. The first-order valence-corrected chi connectivity index (χ1v) is 8.32. The molecular formula is C19H21N5. The molecule has 0 spiro atoms. The van der Waals surface area contributed by atoms with E-state index in [4.69, 9.17) is 0 Å². The highest BCUT2D eigenvalue weighted by atomic mass is 15.2. The lowest BCUT2D eigenvalue weighted by atomic mass is 10.0. The van der Waals surface area contributed by atoms with E-state index in [0.29, 0.717) is 6.04 Å². The van der Waals surface area contributed by atoms with Gasteiger partial charge in [0.1, 0.15) is 0 Å². The maximum Gasteiger partial charge on any atom is 0.0991 e. The van der Waals surface area contributed by atoms with Crippen LogP contribution in [0.4, 0.5) is 0 Å². The molecule has 0 bridgehead atoms. The molecule has 122 valence electrons. The van der Waals surface area contributed by atoms with Crippen LogP contribution in [0.2, 0.25) is 0 Å². The first-order chi connectivity index (χ1) is 11.9.